The van der Waals surface area contributed by atoms with Crippen molar-refractivity contribution in [1.82, 2.24) is 10.2 Å². The minimum absolute atomic E-state index is 0.423. The van der Waals surface area contributed by atoms with E-state index < -0.39 is 6.03 Å². The van der Waals surface area contributed by atoms with E-state index in [1.807, 2.05) is 0 Å². The molecule has 2 aromatic rings. The molecular weight excluding hydrogens is 276 g/mol. The molecule has 112 valence electrons. The number of amides is 2. The molecule has 21 heavy (non-hydrogen) atoms. The third kappa shape index (κ3) is 3.35. The van der Waals surface area contributed by atoms with Crippen LogP contribution in [0.1, 0.15) is 0 Å². The summed E-state index contributed by atoms with van der Waals surface area (Å²) in [5.74, 6) is 1.85. The normalized spacial score (nSPS) is 9.86. The molecule has 1 aromatic carbocycles. The molecule has 0 unspecified atom stereocenters. The average Bonchev–Trinajstić information content (AvgIpc) is 2.98. The second-order valence-electron chi connectivity index (χ2n) is 3.96. The zero-order valence-corrected chi connectivity index (χ0v) is 11.9. The lowest BCUT2D eigenvalue weighted by Gasteiger charge is -2.14. The van der Waals surface area contributed by atoms with Crippen LogP contribution in [-0.4, -0.2) is 37.6 Å². The maximum Gasteiger partial charge on any atom is 0.324 e. The number of aromatic amines is 1. The Kier molecular flexibility index (Phi) is 4.50. The van der Waals surface area contributed by atoms with Crippen LogP contribution in [0.5, 0.6) is 17.2 Å². The highest BCUT2D eigenvalue weighted by Gasteiger charge is 2.14. The molecule has 0 atom stereocenters. The molecule has 0 aliphatic carbocycles. The Labute approximate surface area is 121 Å². The van der Waals surface area contributed by atoms with Gasteiger partial charge in [-0.15, -0.1) is 0 Å². The number of carbonyl (C=O) groups is 1. The quantitative estimate of drug-likeness (QED) is 0.784. The number of H-pyrrole nitrogens is 1. The van der Waals surface area contributed by atoms with Gasteiger partial charge < -0.3 is 19.5 Å². The number of ether oxygens (including phenoxy) is 3. The molecule has 0 spiro atoms. The summed E-state index contributed by atoms with van der Waals surface area (Å²) in [5.41, 5.74) is 0.501. The van der Waals surface area contributed by atoms with E-state index in [-0.39, 0.29) is 0 Å². The predicted octanol–water partition coefficient (Wildman–Crippen LogP) is 2.08. The summed E-state index contributed by atoms with van der Waals surface area (Å²) < 4.78 is 15.6. The number of hydrogen-bond donors (Lipinski definition) is 3. The van der Waals surface area contributed by atoms with Gasteiger partial charge in [0.2, 0.25) is 5.75 Å². The Bertz CT molecular complexity index is 588. The molecule has 0 aliphatic rings. The van der Waals surface area contributed by atoms with Gasteiger partial charge in [0.15, 0.2) is 11.5 Å². The number of urea groups is 1. The number of nitrogens with zero attached hydrogens (tertiary/aromatic N) is 1. The van der Waals surface area contributed by atoms with Gasteiger partial charge in [-0.2, -0.15) is 5.10 Å². The fourth-order valence-electron chi connectivity index (χ4n) is 1.76. The van der Waals surface area contributed by atoms with Crippen LogP contribution in [0.4, 0.5) is 16.3 Å². The Morgan fingerprint density at radius 2 is 1.76 bits per heavy atom. The largest absolute Gasteiger partial charge is 0.493 e. The first kappa shape index (κ1) is 14.5. The van der Waals surface area contributed by atoms with Crippen LogP contribution < -0.4 is 24.8 Å². The third-order valence-corrected chi connectivity index (χ3v) is 2.67. The highest BCUT2D eigenvalue weighted by atomic mass is 16.5. The smallest absolute Gasteiger partial charge is 0.324 e. The fraction of sp³-hybridized carbons (Fsp3) is 0.231. The van der Waals surface area contributed by atoms with E-state index in [2.05, 4.69) is 20.8 Å². The number of aromatic nitrogens is 2. The average molecular weight is 292 g/mol. The molecule has 3 N–H and O–H groups in total. The van der Waals surface area contributed by atoms with Crippen LogP contribution in [0.3, 0.4) is 0 Å². The molecule has 0 fully saturated rings. The van der Waals surface area contributed by atoms with Crippen LogP contribution in [0.15, 0.2) is 24.4 Å². The van der Waals surface area contributed by atoms with Crippen LogP contribution in [-0.2, 0) is 0 Å². The van der Waals surface area contributed by atoms with Gasteiger partial charge in [0.05, 0.1) is 33.2 Å². The lowest BCUT2D eigenvalue weighted by molar-refractivity contribution is 0.262. The van der Waals surface area contributed by atoms with E-state index in [9.17, 15) is 4.79 Å². The van der Waals surface area contributed by atoms with Crippen molar-refractivity contribution in [1.29, 1.82) is 0 Å². The number of anilines is 2. The maximum atomic E-state index is 11.9. The van der Waals surface area contributed by atoms with Crippen molar-refractivity contribution in [2.75, 3.05) is 32.0 Å². The van der Waals surface area contributed by atoms with Crippen LogP contribution in [0.25, 0.3) is 0 Å². The summed E-state index contributed by atoms with van der Waals surface area (Å²) in [6.45, 7) is 0. The summed E-state index contributed by atoms with van der Waals surface area (Å²) in [6.07, 6.45) is 1.54. The monoisotopic (exact) mass is 292 g/mol. The summed E-state index contributed by atoms with van der Waals surface area (Å²) in [7, 11) is 4.52. The van der Waals surface area contributed by atoms with E-state index in [0.717, 1.165) is 0 Å². The molecule has 2 rings (SSSR count). The molecular formula is C13H16N4O4. The van der Waals surface area contributed by atoms with Gasteiger partial charge in [-0.25, -0.2) is 4.79 Å². The standard InChI is InChI=1S/C13H16N4O4/c1-19-9-6-8(7-10(20-2)12(9)21-3)15-13(18)16-11-4-5-14-17-11/h4-7H,1-3H3,(H3,14,15,16,17,18). The molecule has 0 saturated heterocycles. The summed E-state index contributed by atoms with van der Waals surface area (Å²) in [4.78, 5) is 11.9. The van der Waals surface area contributed by atoms with Crippen LogP contribution >= 0.6 is 0 Å². The first-order valence-corrected chi connectivity index (χ1v) is 6.05. The second kappa shape index (κ2) is 6.51. The first-order chi connectivity index (χ1) is 10.2. The number of hydrogen-bond acceptors (Lipinski definition) is 5. The lowest BCUT2D eigenvalue weighted by atomic mass is 10.2. The summed E-state index contributed by atoms with van der Waals surface area (Å²) in [6, 6.07) is 4.48. The molecule has 8 heteroatoms. The Morgan fingerprint density at radius 3 is 2.24 bits per heavy atom. The molecule has 0 radical (unpaired) electrons. The highest BCUT2D eigenvalue weighted by molar-refractivity contribution is 5.99. The van der Waals surface area contributed by atoms with Crippen molar-refractivity contribution in [3.63, 3.8) is 0 Å². The van der Waals surface area contributed by atoms with E-state index in [1.165, 1.54) is 27.5 Å². The van der Waals surface area contributed by atoms with Crippen molar-refractivity contribution in [2.24, 2.45) is 0 Å². The molecule has 1 heterocycles. The SMILES string of the molecule is COc1cc(NC(=O)Nc2ccn[nH]2)cc(OC)c1OC. The van der Waals surface area contributed by atoms with Gasteiger partial charge in [-0.3, -0.25) is 10.4 Å². The van der Waals surface area contributed by atoms with Crippen molar-refractivity contribution in [2.45, 2.75) is 0 Å². The third-order valence-electron chi connectivity index (χ3n) is 2.67. The molecule has 8 nitrogen and oxygen atoms in total. The van der Waals surface area contributed by atoms with Crippen LogP contribution in [0.2, 0.25) is 0 Å². The van der Waals surface area contributed by atoms with Gasteiger partial charge in [0, 0.05) is 18.2 Å². The number of carbonyl (C=O) groups excluding carboxylic acids is 1. The van der Waals surface area contributed by atoms with Crippen molar-refractivity contribution in [3.8, 4) is 17.2 Å². The molecule has 2 amide bonds. The van der Waals surface area contributed by atoms with E-state index in [0.29, 0.717) is 28.8 Å². The predicted molar refractivity (Wildman–Crippen MR) is 77.3 cm³/mol. The van der Waals surface area contributed by atoms with E-state index in [4.69, 9.17) is 14.2 Å². The second-order valence-corrected chi connectivity index (χ2v) is 3.96. The Hall–Kier alpha value is -2.90. The first-order valence-electron chi connectivity index (χ1n) is 6.05. The zero-order valence-electron chi connectivity index (χ0n) is 11.9. The van der Waals surface area contributed by atoms with Gasteiger partial charge in [0.25, 0.3) is 0 Å². The number of benzene rings is 1. The van der Waals surface area contributed by atoms with E-state index in [1.54, 1.807) is 18.2 Å². The summed E-state index contributed by atoms with van der Waals surface area (Å²) in [5, 5.41) is 11.6. The van der Waals surface area contributed by atoms with E-state index >= 15 is 0 Å². The summed E-state index contributed by atoms with van der Waals surface area (Å²) >= 11 is 0. The lowest BCUT2D eigenvalue weighted by Crippen LogP contribution is -2.19. The van der Waals surface area contributed by atoms with Gasteiger partial charge >= 0.3 is 6.03 Å². The van der Waals surface area contributed by atoms with Crippen LogP contribution in [0, 0.1) is 0 Å². The highest BCUT2D eigenvalue weighted by Crippen LogP contribution is 2.39. The molecule has 0 aliphatic heterocycles. The number of methoxy groups -OCH3 is 3. The van der Waals surface area contributed by atoms with Crippen molar-refractivity contribution in [3.05, 3.63) is 24.4 Å². The Morgan fingerprint density at radius 1 is 1.10 bits per heavy atom. The van der Waals surface area contributed by atoms with Crippen molar-refractivity contribution >= 4 is 17.5 Å². The van der Waals surface area contributed by atoms with Gasteiger partial charge in [0.1, 0.15) is 5.82 Å². The minimum atomic E-state index is -0.423. The van der Waals surface area contributed by atoms with Gasteiger partial charge in [-0.1, -0.05) is 0 Å². The fourth-order valence-corrected chi connectivity index (χ4v) is 1.76. The maximum absolute atomic E-state index is 11.9. The topological polar surface area (TPSA) is 97.5 Å². The molecule has 1 aromatic heterocycles. The van der Waals surface area contributed by atoms with Gasteiger partial charge in [-0.05, 0) is 0 Å². The zero-order chi connectivity index (χ0) is 15.2. The number of rotatable bonds is 5. The number of nitrogens with one attached hydrogen (secondary N) is 3. The molecule has 0 bridgehead atoms. The minimum Gasteiger partial charge on any atom is -0.493 e. The molecule has 0 saturated carbocycles. The Balaban J connectivity index is 2.17. The van der Waals surface area contributed by atoms with Crippen molar-refractivity contribution < 1.29 is 19.0 Å².